The minimum atomic E-state index is -1.02. The molecule has 0 saturated carbocycles. The van der Waals surface area contributed by atoms with Gasteiger partial charge >= 0.3 is 5.97 Å². The molecule has 3 nitrogen and oxygen atoms in total. The summed E-state index contributed by atoms with van der Waals surface area (Å²) in [6.07, 6.45) is 0. The standard InChI is InChI=1S/C11H14ClNO2/c1-11(2,3)13-7-4-5-9(12)8(6-7)10(14)15/h4-6,13H,1-3H3,(H,14,15). The summed E-state index contributed by atoms with van der Waals surface area (Å²) in [5, 5.41) is 12.3. The fourth-order valence-corrected chi connectivity index (χ4v) is 1.40. The van der Waals surface area contributed by atoms with E-state index in [4.69, 9.17) is 16.7 Å². The Hall–Kier alpha value is -1.22. The number of nitrogens with one attached hydrogen (secondary N) is 1. The lowest BCUT2D eigenvalue weighted by Crippen LogP contribution is -2.26. The molecule has 0 atom stereocenters. The van der Waals surface area contributed by atoms with Gasteiger partial charge in [-0.1, -0.05) is 11.6 Å². The molecule has 0 aliphatic rings. The zero-order chi connectivity index (χ0) is 11.6. The number of benzene rings is 1. The van der Waals surface area contributed by atoms with Crippen LogP contribution in [0.5, 0.6) is 0 Å². The van der Waals surface area contributed by atoms with Gasteiger partial charge in [-0.15, -0.1) is 0 Å². The average Bonchev–Trinajstić information content (AvgIpc) is 2.05. The third kappa shape index (κ3) is 3.44. The third-order valence-electron chi connectivity index (χ3n) is 1.72. The molecule has 0 bridgehead atoms. The van der Waals surface area contributed by atoms with Crippen molar-refractivity contribution in [2.45, 2.75) is 26.3 Å². The minimum Gasteiger partial charge on any atom is -0.478 e. The highest BCUT2D eigenvalue weighted by Gasteiger charge is 2.13. The van der Waals surface area contributed by atoms with Crippen molar-refractivity contribution < 1.29 is 9.90 Å². The molecule has 15 heavy (non-hydrogen) atoms. The van der Waals surface area contributed by atoms with E-state index in [1.807, 2.05) is 20.8 Å². The van der Waals surface area contributed by atoms with Gasteiger partial charge < -0.3 is 10.4 Å². The first-order chi connectivity index (χ1) is 6.79. The fraction of sp³-hybridized carbons (Fsp3) is 0.364. The normalized spacial score (nSPS) is 11.2. The Labute approximate surface area is 94.1 Å². The van der Waals surface area contributed by atoms with Crippen molar-refractivity contribution in [1.29, 1.82) is 0 Å². The zero-order valence-electron chi connectivity index (χ0n) is 8.97. The number of carboxylic acids is 1. The Morgan fingerprint density at radius 3 is 2.47 bits per heavy atom. The molecule has 0 saturated heterocycles. The largest absolute Gasteiger partial charge is 0.478 e. The molecule has 0 aliphatic carbocycles. The van der Waals surface area contributed by atoms with E-state index in [0.29, 0.717) is 0 Å². The van der Waals surface area contributed by atoms with Crippen molar-refractivity contribution in [3.05, 3.63) is 28.8 Å². The number of rotatable bonds is 2. The summed E-state index contributed by atoms with van der Waals surface area (Å²) in [5.41, 5.74) is 0.763. The lowest BCUT2D eigenvalue weighted by Gasteiger charge is -2.22. The predicted octanol–water partition coefficient (Wildman–Crippen LogP) is 3.25. The summed E-state index contributed by atoms with van der Waals surface area (Å²) in [6.45, 7) is 6.01. The molecule has 2 N–H and O–H groups in total. The van der Waals surface area contributed by atoms with Crippen LogP contribution in [0.15, 0.2) is 18.2 Å². The van der Waals surface area contributed by atoms with Gasteiger partial charge in [-0.2, -0.15) is 0 Å². The van der Waals surface area contributed by atoms with Crippen LogP contribution in [0.3, 0.4) is 0 Å². The maximum Gasteiger partial charge on any atom is 0.337 e. The van der Waals surface area contributed by atoms with Crippen LogP contribution < -0.4 is 5.32 Å². The highest BCUT2D eigenvalue weighted by Crippen LogP contribution is 2.22. The van der Waals surface area contributed by atoms with Gasteiger partial charge in [0.05, 0.1) is 10.6 Å². The second-order valence-corrected chi connectivity index (χ2v) is 4.78. The molecule has 0 aromatic heterocycles. The number of hydrogen-bond acceptors (Lipinski definition) is 2. The van der Waals surface area contributed by atoms with E-state index in [9.17, 15) is 4.79 Å². The van der Waals surface area contributed by atoms with E-state index in [2.05, 4.69) is 5.32 Å². The van der Waals surface area contributed by atoms with Gasteiger partial charge in [0.25, 0.3) is 0 Å². The van der Waals surface area contributed by atoms with Crippen LogP contribution >= 0.6 is 11.6 Å². The lowest BCUT2D eigenvalue weighted by atomic mass is 10.1. The summed E-state index contributed by atoms with van der Waals surface area (Å²) in [6, 6.07) is 4.88. The maximum absolute atomic E-state index is 10.8. The average molecular weight is 228 g/mol. The first kappa shape index (κ1) is 11.9. The third-order valence-corrected chi connectivity index (χ3v) is 2.05. The highest BCUT2D eigenvalue weighted by molar-refractivity contribution is 6.33. The van der Waals surface area contributed by atoms with Crippen molar-refractivity contribution in [3.63, 3.8) is 0 Å². The molecule has 0 fully saturated rings. The first-order valence-corrected chi connectivity index (χ1v) is 4.98. The number of halogens is 1. The molecule has 0 heterocycles. The van der Waals surface area contributed by atoms with E-state index in [-0.39, 0.29) is 16.1 Å². The number of carboxylic acid groups (broad SMARTS) is 1. The molecule has 0 radical (unpaired) electrons. The minimum absolute atomic E-state index is 0.108. The van der Waals surface area contributed by atoms with Crippen LogP contribution in [0, 0.1) is 0 Å². The molecule has 4 heteroatoms. The first-order valence-electron chi connectivity index (χ1n) is 4.60. The van der Waals surface area contributed by atoms with Gasteiger partial charge in [-0.3, -0.25) is 0 Å². The quantitative estimate of drug-likeness (QED) is 0.816. The Morgan fingerprint density at radius 1 is 1.40 bits per heavy atom. The SMILES string of the molecule is CC(C)(C)Nc1ccc(Cl)c(C(=O)O)c1. The van der Waals surface area contributed by atoms with E-state index >= 15 is 0 Å². The summed E-state index contributed by atoms with van der Waals surface area (Å²) < 4.78 is 0. The Balaban J connectivity index is 3.03. The van der Waals surface area contributed by atoms with Crippen LogP contribution in [-0.2, 0) is 0 Å². The molecular formula is C11H14ClNO2. The van der Waals surface area contributed by atoms with E-state index in [1.165, 1.54) is 6.07 Å². The maximum atomic E-state index is 10.8. The summed E-state index contributed by atoms with van der Waals surface area (Å²) in [5.74, 6) is -1.02. The van der Waals surface area contributed by atoms with Crippen molar-refractivity contribution in [3.8, 4) is 0 Å². The number of carbonyl (C=O) groups is 1. The Bertz CT molecular complexity index is 383. The lowest BCUT2D eigenvalue weighted by molar-refractivity contribution is 0.0697. The fourth-order valence-electron chi connectivity index (χ4n) is 1.20. The van der Waals surface area contributed by atoms with Crippen molar-refractivity contribution in [2.24, 2.45) is 0 Å². The summed E-state index contributed by atoms with van der Waals surface area (Å²) in [7, 11) is 0. The van der Waals surface area contributed by atoms with E-state index in [1.54, 1.807) is 12.1 Å². The second kappa shape index (κ2) is 4.11. The Kier molecular flexibility index (Phi) is 3.25. The molecule has 0 aliphatic heterocycles. The molecule has 1 aromatic rings. The van der Waals surface area contributed by atoms with Crippen LogP contribution in [0.4, 0.5) is 5.69 Å². The van der Waals surface area contributed by atoms with Crippen LogP contribution in [0.2, 0.25) is 5.02 Å². The molecule has 1 rings (SSSR count). The monoisotopic (exact) mass is 227 g/mol. The topological polar surface area (TPSA) is 49.3 Å². The molecular weight excluding hydrogens is 214 g/mol. The molecule has 0 spiro atoms. The van der Waals surface area contributed by atoms with Gasteiger partial charge in [0.1, 0.15) is 0 Å². The number of hydrogen-bond donors (Lipinski definition) is 2. The van der Waals surface area contributed by atoms with Crippen molar-refractivity contribution in [1.82, 2.24) is 0 Å². The van der Waals surface area contributed by atoms with Crippen LogP contribution in [0.1, 0.15) is 31.1 Å². The highest BCUT2D eigenvalue weighted by atomic mass is 35.5. The Morgan fingerprint density at radius 2 is 2.00 bits per heavy atom. The van der Waals surface area contributed by atoms with Gasteiger partial charge in [-0.05, 0) is 39.0 Å². The van der Waals surface area contributed by atoms with E-state index in [0.717, 1.165) is 5.69 Å². The number of aromatic carboxylic acids is 1. The zero-order valence-corrected chi connectivity index (χ0v) is 9.72. The van der Waals surface area contributed by atoms with Gasteiger partial charge in [-0.25, -0.2) is 4.79 Å². The summed E-state index contributed by atoms with van der Waals surface area (Å²) >= 11 is 5.75. The van der Waals surface area contributed by atoms with Crippen LogP contribution in [-0.4, -0.2) is 16.6 Å². The smallest absolute Gasteiger partial charge is 0.337 e. The second-order valence-electron chi connectivity index (χ2n) is 4.37. The van der Waals surface area contributed by atoms with Crippen molar-refractivity contribution >= 4 is 23.3 Å². The summed E-state index contributed by atoms with van der Waals surface area (Å²) in [4.78, 5) is 10.8. The number of anilines is 1. The van der Waals surface area contributed by atoms with E-state index < -0.39 is 5.97 Å². The molecule has 82 valence electrons. The van der Waals surface area contributed by atoms with Gasteiger partial charge in [0, 0.05) is 11.2 Å². The van der Waals surface area contributed by atoms with Crippen molar-refractivity contribution in [2.75, 3.05) is 5.32 Å². The molecule has 0 amide bonds. The molecule has 1 aromatic carbocycles. The molecule has 0 unspecified atom stereocenters. The predicted molar refractivity (Wildman–Crippen MR) is 61.8 cm³/mol. The van der Waals surface area contributed by atoms with Gasteiger partial charge in [0.2, 0.25) is 0 Å². The van der Waals surface area contributed by atoms with Crippen LogP contribution in [0.25, 0.3) is 0 Å². The van der Waals surface area contributed by atoms with Gasteiger partial charge in [0.15, 0.2) is 0 Å².